The van der Waals surface area contributed by atoms with Crippen LogP contribution in [0.2, 0.25) is 0 Å². The van der Waals surface area contributed by atoms with E-state index >= 15 is 0 Å². The van der Waals surface area contributed by atoms with Crippen LogP contribution in [0.1, 0.15) is 11.3 Å². The Hall–Kier alpha value is -3.08. The first-order valence-corrected chi connectivity index (χ1v) is 6.05. The van der Waals surface area contributed by atoms with Gasteiger partial charge in [0, 0.05) is 6.07 Å². The third-order valence-corrected chi connectivity index (χ3v) is 2.69. The van der Waals surface area contributed by atoms with Crippen LogP contribution in [0.4, 0.5) is 5.69 Å². The molecule has 0 aliphatic rings. The minimum Gasteiger partial charge on any atom is -0.497 e. The average molecular weight is 287 g/mol. The second-order valence-corrected chi connectivity index (χ2v) is 4.18. The molecule has 0 amide bonds. The van der Waals surface area contributed by atoms with E-state index in [1.54, 1.807) is 25.3 Å². The zero-order valence-electron chi connectivity index (χ0n) is 11.3. The van der Waals surface area contributed by atoms with Gasteiger partial charge in [0.25, 0.3) is 0 Å². The van der Waals surface area contributed by atoms with E-state index in [0.29, 0.717) is 29.2 Å². The first kappa shape index (κ1) is 14.3. The highest BCUT2D eigenvalue weighted by molar-refractivity contribution is 5.66. The Morgan fingerprint density at radius 1 is 1.57 bits per heavy atom. The molecule has 0 unspecified atom stereocenters. The predicted molar refractivity (Wildman–Crippen MR) is 72.7 cm³/mol. The van der Waals surface area contributed by atoms with E-state index in [-0.39, 0.29) is 6.54 Å². The van der Waals surface area contributed by atoms with Crippen LogP contribution in [0, 0.1) is 11.3 Å². The summed E-state index contributed by atoms with van der Waals surface area (Å²) in [5.74, 6) is -0.356. The van der Waals surface area contributed by atoms with E-state index in [1.807, 2.05) is 0 Å². The van der Waals surface area contributed by atoms with Gasteiger partial charge in [-0.1, -0.05) is 5.21 Å². The van der Waals surface area contributed by atoms with Crippen molar-refractivity contribution >= 4 is 11.7 Å². The van der Waals surface area contributed by atoms with Gasteiger partial charge in [0.2, 0.25) is 0 Å². The van der Waals surface area contributed by atoms with Crippen LogP contribution in [0.15, 0.2) is 24.4 Å². The molecule has 21 heavy (non-hydrogen) atoms. The molecule has 2 aromatic rings. The Bertz CT molecular complexity index is 689. The number of nitriles is 1. The molecule has 0 aliphatic carbocycles. The van der Waals surface area contributed by atoms with Gasteiger partial charge in [-0.05, 0) is 12.1 Å². The monoisotopic (exact) mass is 287 g/mol. The molecule has 8 nitrogen and oxygen atoms in total. The number of hydrogen-bond donors (Lipinski definition) is 2. The van der Waals surface area contributed by atoms with Gasteiger partial charge in [-0.3, -0.25) is 4.79 Å². The zero-order valence-corrected chi connectivity index (χ0v) is 11.3. The predicted octanol–water partition coefficient (Wildman–Crippen LogP) is 0.855. The number of carbonyl (C=O) groups is 1. The van der Waals surface area contributed by atoms with Gasteiger partial charge in [-0.15, -0.1) is 5.10 Å². The van der Waals surface area contributed by atoms with Gasteiger partial charge < -0.3 is 15.2 Å². The molecule has 0 atom stereocenters. The Balaban J connectivity index is 2.07. The number of nitrogens with one attached hydrogen (secondary N) is 1. The fourth-order valence-electron chi connectivity index (χ4n) is 1.72. The molecular weight excluding hydrogens is 274 g/mol. The first-order chi connectivity index (χ1) is 10.1. The van der Waals surface area contributed by atoms with Crippen molar-refractivity contribution in [2.75, 3.05) is 12.4 Å². The largest absolute Gasteiger partial charge is 0.497 e. The smallest absolute Gasteiger partial charge is 0.325 e. The molecule has 0 spiro atoms. The number of aromatic nitrogens is 3. The van der Waals surface area contributed by atoms with E-state index in [4.69, 9.17) is 15.1 Å². The summed E-state index contributed by atoms with van der Waals surface area (Å²) < 4.78 is 6.34. The Labute approximate surface area is 120 Å². The molecular formula is C13H13N5O3. The summed E-state index contributed by atoms with van der Waals surface area (Å²) in [5, 5.41) is 28.3. The molecule has 0 radical (unpaired) electrons. The first-order valence-electron chi connectivity index (χ1n) is 6.05. The molecule has 2 N–H and O–H groups in total. The minimum absolute atomic E-state index is 0.240. The van der Waals surface area contributed by atoms with E-state index < -0.39 is 5.97 Å². The molecule has 2 rings (SSSR count). The summed E-state index contributed by atoms with van der Waals surface area (Å²) in [6.07, 6.45) is 1.54. The summed E-state index contributed by atoms with van der Waals surface area (Å²) in [6.45, 7) is 0.0804. The third kappa shape index (κ3) is 3.70. The van der Waals surface area contributed by atoms with Crippen LogP contribution in [0.3, 0.4) is 0 Å². The highest BCUT2D eigenvalue weighted by Gasteiger charge is 2.07. The van der Waals surface area contributed by atoms with E-state index in [2.05, 4.69) is 21.7 Å². The molecule has 0 aliphatic heterocycles. The maximum atomic E-state index is 10.6. The average Bonchev–Trinajstić information content (AvgIpc) is 2.91. The van der Waals surface area contributed by atoms with Gasteiger partial charge in [0.1, 0.15) is 24.1 Å². The van der Waals surface area contributed by atoms with Crippen LogP contribution in [-0.2, 0) is 17.9 Å². The lowest BCUT2D eigenvalue weighted by molar-refractivity contribution is -0.137. The van der Waals surface area contributed by atoms with Gasteiger partial charge in [0.05, 0.1) is 31.1 Å². The quantitative estimate of drug-likeness (QED) is 0.809. The number of hydrogen-bond acceptors (Lipinski definition) is 6. The SMILES string of the molecule is COc1ccc(C#N)c(NCc2cn(CC(=O)O)nn2)c1. The molecule has 0 fully saturated rings. The number of ether oxygens (including phenoxy) is 1. The van der Waals surface area contributed by atoms with Gasteiger partial charge in [-0.25, -0.2) is 4.68 Å². The van der Waals surface area contributed by atoms with Crippen molar-refractivity contribution in [2.24, 2.45) is 0 Å². The summed E-state index contributed by atoms with van der Waals surface area (Å²) in [5.41, 5.74) is 1.67. The number of benzene rings is 1. The molecule has 0 bridgehead atoms. The second-order valence-electron chi connectivity index (χ2n) is 4.18. The lowest BCUT2D eigenvalue weighted by Gasteiger charge is -2.08. The van der Waals surface area contributed by atoms with Crippen molar-refractivity contribution in [1.82, 2.24) is 15.0 Å². The topological polar surface area (TPSA) is 113 Å². The molecule has 0 saturated heterocycles. The molecule has 108 valence electrons. The lowest BCUT2D eigenvalue weighted by atomic mass is 10.2. The highest BCUT2D eigenvalue weighted by atomic mass is 16.5. The number of rotatable bonds is 6. The van der Waals surface area contributed by atoms with Crippen LogP contribution in [0.25, 0.3) is 0 Å². The number of anilines is 1. The standard InChI is InChI=1S/C13H13N5O3/c1-21-11-3-2-9(5-14)12(4-11)15-6-10-7-18(17-16-10)8-13(19)20/h2-4,7,15H,6,8H2,1H3,(H,19,20). The number of aliphatic carboxylic acids is 1. The number of nitrogens with zero attached hydrogens (tertiary/aromatic N) is 4. The van der Waals surface area contributed by atoms with E-state index in [1.165, 1.54) is 10.9 Å². The van der Waals surface area contributed by atoms with Crippen molar-refractivity contribution in [2.45, 2.75) is 13.1 Å². The van der Waals surface area contributed by atoms with Crippen LogP contribution in [0.5, 0.6) is 5.75 Å². The molecule has 1 aromatic heterocycles. The third-order valence-electron chi connectivity index (χ3n) is 2.69. The van der Waals surface area contributed by atoms with Gasteiger partial charge in [-0.2, -0.15) is 5.26 Å². The molecule has 8 heteroatoms. The van der Waals surface area contributed by atoms with Crippen molar-refractivity contribution in [1.29, 1.82) is 5.26 Å². The molecule has 1 heterocycles. The fraction of sp³-hybridized carbons (Fsp3) is 0.231. The van der Waals surface area contributed by atoms with Crippen LogP contribution in [-0.4, -0.2) is 33.2 Å². The van der Waals surface area contributed by atoms with Gasteiger partial charge in [0.15, 0.2) is 0 Å². The number of carboxylic acids is 1. The molecule has 0 saturated carbocycles. The van der Waals surface area contributed by atoms with E-state index in [9.17, 15) is 4.79 Å². The lowest BCUT2D eigenvalue weighted by Crippen LogP contribution is -2.09. The van der Waals surface area contributed by atoms with Crippen molar-refractivity contribution < 1.29 is 14.6 Å². The maximum Gasteiger partial charge on any atom is 0.325 e. The Morgan fingerprint density at radius 3 is 3.05 bits per heavy atom. The fourth-order valence-corrected chi connectivity index (χ4v) is 1.72. The zero-order chi connectivity index (χ0) is 15.2. The Morgan fingerprint density at radius 2 is 2.38 bits per heavy atom. The summed E-state index contributed by atoms with van der Waals surface area (Å²) in [4.78, 5) is 10.6. The van der Waals surface area contributed by atoms with E-state index in [0.717, 1.165) is 0 Å². The maximum absolute atomic E-state index is 10.6. The summed E-state index contributed by atoms with van der Waals surface area (Å²) in [7, 11) is 1.54. The summed E-state index contributed by atoms with van der Waals surface area (Å²) in [6, 6.07) is 7.14. The van der Waals surface area contributed by atoms with Crippen molar-refractivity contribution in [3.05, 3.63) is 35.7 Å². The van der Waals surface area contributed by atoms with Crippen LogP contribution < -0.4 is 10.1 Å². The number of carboxylic acid groups (broad SMARTS) is 1. The Kier molecular flexibility index (Phi) is 4.36. The molecule has 1 aromatic carbocycles. The highest BCUT2D eigenvalue weighted by Crippen LogP contribution is 2.22. The normalized spacial score (nSPS) is 9.90. The van der Waals surface area contributed by atoms with Crippen molar-refractivity contribution in [3.8, 4) is 11.8 Å². The number of methoxy groups -OCH3 is 1. The van der Waals surface area contributed by atoms with Crippen LogP contribution >= 0.6 is 0 Å². The minimum atomic E-state index is -0.987. The summed E-state index contributed by atoms with van der Waals surface area (Å²) >= 11 is 0. The van der Waals surface area contributed by atoms with Crippen molar-refractivity contribution in [3.63, 3.8) is 0 Å². The second kappa shape index (κ2) is 6.38. The van der Waals surface area contributed by atoms with Gasteiger partial charge >= 0.3 is 5.97 Å².